The van der Waals surface area contributed by atoms with Crippen molar-refractivity contribution < 1.29 is 8.78 Å². The smallest absolute Gasteiger partial charge is 0.149 e. The zero-order chi connectivity index (χ0) is 16.2. The number of nitrogens with two attached hydrogens (primary N) is 1. The molecular formula is C18H27F2N3. The van der Waals surface area contributed by atoms with E-state index >= 15 is 0 Å². The molecule has 1 aliphatic carbocycles. The van der Waals surface area contributed by atoms with Gasteiger partial charge in [0.1, 0.15) is 11.6 Å². The Bertz CT molecular complexity index is 507. The second-order valence-electron chi connectivity index (χ2n) is 6.99. The van der Waals surface area contributed by atoms with Gasteiger partial charge in [0.2, 0.25) is 0 Å². The number of hydrogen-bond acceptors (Lipinski definition) is 3. The number of piperazine rings is 1. The molecule has 23 heavy (non-hydrogen) atoms. The van der Waals surface area contributed by atoms with E-state index in [1.54, 1.807) is 6.07 Å². The second-order valence-corrected chi connectivity index (χ2v) is 6.99. The molecule has 0 spiro atoms. The Morgan fingerprint density at radius 2 is 1.70 bits per heavy atom. The van der Waals surface area contributed by atoms with Crippen molar-refractivity contribution in [3.8, 4) is 0 Å². The van der Waals surface area contributed by atoms with Gasteiger partial charge in [0.25, 0.3) is 0 Å². The zero-order valence-electron chi connectivity index (χ0n) is 13.7. The van der Waals surface area contributed by atoms with Crippen molar-refractivity contribution in [3.63, 3.8) is 0 Å². The first-order valence-electron chi connectivity index (χ1n) is 8.80. The summed E-state index contributed by atoms with van der Waals surface area (Å²) < 4.78 is 26.9. The van der Waals surface area contributed by atoms with Crippen molar-refractivity contribution in [3.05, 3.63) is 29.8 Å². The SMILES string of the molecule is NC1CCC(CCN2CCN(c3ccc(F)cc3F)CC2)CC1. The summed E-state index contributed by atoms with van der Waals surface area (Å²) in [4.78, 5) is 4.48. The maximum Gasteiger partial charge on any atom is 0.149 e. The summed E-state index contributed by atoms with van der Waals surface area (Å²) in [5.74, 6) is -0.156. The van der Waals surface area contributed by atoms with Crippen molar-refractivity contribution in [2.45, 2.75) is 38.1 Å². The van der Waals surface area contributed by atoms with E-state index in [1.807, 2.05) is 4.90 Å². The highest BCUT2D eigenvalue weighted by molar-refractivity contribution is 5.48. The summed E-state index contributed by atoms with van der Waals surface area (Å²) in [6, 6.07) is 4.26. The zero-order valence-corrected chi connectivity index (χ0v) is 13.7. The number of benzene rings is 1. The third kappa shape index (κ3) is 4.42. The van der Waals surface area contributed by atoms with Crippen LogP contribution in [0, 0.1) is 17.6 Å². The fourth-order valence-electron chi connectivity index (χ4n) is 3.79. The van der Waals surface area contributed by atoms with Gasteiger partial charge < -0.3 is 10.6 Å². The van der Waals surface area contributed by atoms with Gasteiger partial charge in [-0.3, -0.25) is 4.90 Å². The van der Waals surface area contributed by atoms with E-state index in [9.17, 15) is 8.78 Å². The van der Waals surface area contributed by atoms with Gasteiger partial charge in [-0.2, -0.15) is 0 Å². The van der Waals surface area contributed by atoms with Gasteiger partial charge in [-0.25, -0.2) is 8.78 Å². The van der Waals surface area contributed by atoms with Crippen LogP contribution in [0.3, 0.4) is 0 Å². The summed E-state index contributed by atoms with van der Waals surface area (Å²) in [6.45, 7) is 4.63. The van der Waals surface area contributed by atoms with E-state index in [0.29, 0.717) is 11.7 Å². The molecule has 5 heteroatoms. The predicted octanol–water partition coefficient (Wildman–Crippen LogP) is 2.99. The summed E-state index contributed by atoms with van der Waals surface area (Å²) in [7, 11) is 0. The minimum absolute atomic E-state index is 0.417. The fraction of sp³-hybridized carbons (Fsp3) is 0.667. The van der Waals surface area contributed by atoms with Crippen LogP contribution < -0.4 is 10.6 Å². The molecular weight excluding hydrogens is 296 g/mol. The number of hydrogen-bond donors (Lipinski definition) is 1. The highest BCUT2D eigenvalue weighted by Crippen LogP contribution is 2.26. The largest absolute Gasteiger partial charge is 0.367 e. The van der Waals surface area contributed by atoms with Crippen LogP contribution in [0.25, 0.3) is 0 Å². The lowest BCUT2D eigenvalue weighted by Gasteiger charge is -2.37. The maximum absolute atomic E-state index is 13.8. The molecule has 1 aromatic rings. The molecule has 2 fully saturated rings. The van der Waals surface area contributed by atoms with Gasteiger partial charge in [0.15, 0.2) is 0 Å². The molecule has 1 heterocycles. The van der Waals surface area contributed by atoms with Crippen LogP contribution in [0.15, 0.2) is 18.2 Å². The molecule has 0 aromatic heterocycles. The van der Waals surface area contributed by atoms with Crippen molar-refractivity contribution in [1.82, 2.24) is 4.90 Å². The van der Waals surface area contributed by atoms with E-state index in [2.05, 4.69) is 4.90 Å². The predicted molar refractivity (Wildman–Crippen MR) is 89.6 cm³/mol. The van der Waals surface area contributed by atoms with Gasteiger partial charge in [-0.1, -0.05) is 0 Å². The number of nitrogens with zero attached hydrogens (tertiary/aromatic N) is 2. The number of rotatable bonds is 4. The van der Waals surface area contributed by atoms with Gasteiger partial charge in [-0.05, 0) is 56.7 Å². The third-order valence-electron chi connectivity index (χ3n) is 5.37. The first kappa shape index (κ1) is 16.7. The fourth-order valence-corrected chi connectivity index (χ4v) is 3.79. The van der Waals surface area contributed by atoms with E-state index in [-0.39, 0.29) is 0 Å². The van der Waals surface area contributed by atoms with Gasteiger partial charge in [0.05, 0.1) is 5.69 Å². The Hall–Kier alpha value is -1.20. The Morgan fingerprint density at radius 3 is 2.35 bits per heavy atom. The third-order valence-corrected chi connectivity index (χ3v) is 5.37. The lowest BCUT2D eigenvalue weighted by molar-refractivity contribution is 0.216. The molecule has 2 aliphatic rings. The molecule has 1 aliphatic heterocycles. The first-order valence-corrected chi connectivity index (χ1v) is 8.80. The summed E-state index contributed by atoms with van der Waals surface area (Å²) >= 11 is 0. The van der Waals surface area contributed by atoms with Crippen molar-refractivity contribution >= 4 is 5.69 Å². The Kier molecular flexibility index (Phi) is 5.49. The quantitative estimate of drug-likeness (QED) is 0.924. The van der Waals surface area contributed by atoms with Crippen molar-refractivity contribution in [2.24, 2.45) is 11.7 Å². The summed E-state index contributed by atoms with van der Waals surface area (Å²) in [6.07, 6.45) is 6.12. The summed E-state index contributed by atoms with van der Waals surface area (Å²) in [5.41, 5.74) is 6.48. The first-order chi connectivity index (χ1) is 11.1. The average molecular weight is 323 g/mol. The molecule has 2 N–H and O–H groups in total. The number of anilines is 1. The molecule has 0 amide bonds. The van der Waals surface area contributed by atoms with Gasteiger partial charge in [-0.15, -0.1) is 0 Å². The van der Waals surface area contributed by atoms with Crippen LogP contribution in [0.4, 0.5) is 14.5 Å². The normalized spacial score (nSPS) is 26.5. The Morgan fingerprint density at radius 1 is 1.00 bits per heavy atom. The molecule has 3 rings (SSSR count). The molecule has 0 bridgehead atoms. The van der Waals surface area contributed by atoms with E-state index in [4.69, 9.17) is 5.73 Å². The van der Waals surface area contributed by atoms with E-state index in [1.165, 1.54) is 38.2 Å². The van der Waals surface area contributed by atoms with E-state index < -0.39 is 11.6 Å². The number of halogens is 2. The lowest BCUT2D eigenvalue weighted by atomic mass is 9.84. The average Bonchev–Trinajstić information content (AvgIpc) is 2.55. The minimum Gasteiger partial charge on any atom is -0.367 e. The molecule has 0 atom stereocenters. The van der Waals surface area contributed by atoms with Crippen LogP contribution in [-0.2, 0) is 0 Å². The van der Waals surface area contributed by atoms with Gasteiger partial charge >= 0.3 is 0 Å². The van der Waals surface area contributed by atoms with Crippen LogP contribution in [0.5, 0.6) is 0 Å². The van der Waals surface area contributed by atoms with Crippen LogP contribution in [0.1, 0.15) is 32.1 Å². The standard InChI is InChI=1S/C18H27F2N3/c19-15-3-6-18(17(20)13-15)23-11-9-22(10-12-23)8-7-14-1-4-16(21)5-2-14/h3,6,13-14,16H,1-2,4-5,7-12,21H2. The molecule has 3 nitrogen and oxygen atoms in total. The molecule has 0 radical (unpaired) electrons. The monoisotopic (exact) mass is 323 g/mol. The molecule has 128 valence electrons. The summed E-state index contributed by atoms with van der Waals surface area (Å²) in [5, 5.41) is 0. The van der Waals surface area contributed by atoms with Crippen LogP contribution >= 0.6 is 0 Å². The minimum atomic E-state index is -0.517. The Labute approximate surface area is 137 Å². The lowest BCUT2D eigenvalue weighted by Crippen LogP contribution is -2.47. The van der Waals surface area contributed by atoms with Crippen molar-refractivity contribution in [2.75, 3.05) is 37.6 Å². The topological polar surface area (TPSA) is 32.5 Å². The van der Waals surface area contributed by atoms with Crippen molar-refractivity contribution in [1.29, 1.82) is 0 Å². The van der Waals surface area contributed by atoms with E-state index in [0.717, 1.165) is 44.7 Å². The molecule has 1 aromatic carbocycles. The second kappa shape index (κ2) is 7.58. The van der Waals surface area contributed by atoms with Crippen LogP contribution in [-0.4, -0.2) is 43.7 Å². The van der Waals surface area contributed by atoms with Crippen LogP contribution in [0.2, 0.25) is 0 Å². The highest BCUT2D eigenvalue weighted by Gasteiger charge is 2.22. The molecule has 1 saturated carbocycles. The molecule has 1 saturated heterocycles. The Balaban J connectivity index is 1.43. The van der Waals surface area contributed by atoms with Gasteiger partial charge in [0, 0.05) is 38.3 Å². The highest BCUT2D eigenvalue weighted by atomic mass is 19.1. The molecule has 0 unspecified atom stereocenters. The maximum atomic E-state index is 13.8.